The third-order valence-corrected chi connectivity index (χ3v) is 3.13. The smallest absolute Gasteiger partial charge is 0.383 e. The van der Waals surface area contributed by atoms with E-state index in [1.54, 1.807) is 24.3 Å². The maximum atomic E-state index is 12.3. The van der Waals surface area contributed by atoms with Crippen LogP contribution in [0.4, 0.5) is 19.0 Å². The Labute approximate surface area is 119 Å². The molecule has 0 atom stereocenters. The first kappa shape index (κ1) is 15.1. The van der Waals surface area contributed by atoms with Crippen molar-refractivity contribution in [2.24, 2.45) is 0 Å². The van der Waals surface area contributed by atoms with Crippen LogP contribution in [0.15, 0.2) is 30.5 Å². The van der Waals surface area contributed by atoms with Gasteiger partial charge in [0.25, 0.3) is 5.91 Å². The van der Waals surface area contributed by atoms with E-state index in [0.29, 0.717) is 10.8 Å². The van der Waals surface area contributed by atoms with Gasteiger partial charge in [-0.25, -0.2) is 4.98 Å². The first-order valence-corrected chi connectivity index (χ1v) is 6.25. The molecule has 0 bridgehead atoms. The van der Waals surface area contributed by atoms with E-state index in [1.165, 1.54) is 13.2 Å². The van der Waals surface area contributed by atoms with Crippen molar-refractivity contribution in [2.75, 3.05) is 19.3 Å². The van der Waals surface area contributed by atoms with Crippen molar-refractivity contribution in [3.63, 3.8) is 0 Å². The second-order valence-electron chi connectivity index (χ2n) is 4.69. The number of benzene rings is 1. The van der Waals surface area contributed by atoms with E-state index in [0.717, 1.165) is 4.90 Å². The Hall–Kier alpha value is -2.31. The Morgan fingerprint density at radius 1 is 1.29 bits per heavy atom. The van der Waals surface area contributed by atoms with Gasteiger partial charge in [-0.1, -0.05) is 24.3 Å². The maximum absolute atomic E-state index is 12.3. The molecule has 0 fully saturated rings. The van der Waals surface area contributed by atoms with Gasteiger partial charge in [0, 0.05) is 25.2 Å². The van der Waals surface area contributed by atoms with Crippen LogP contribution in [0.3, 0.4) is 0 Å². The zero-order chi connectivity index (χ0) is 15.6. The Balaban J connectivity index is 2.30. The maximum Gasteiger partial charge on any atom is 0.390 e. The number of hydrogen-bond acceptors (Lipinski definition) is 3. The number of nitrogens with two attached hydrogens (primary N) is 1. The summed E-state index contributed by atoms with van der Waals surface area (Å²) < 4.78 is 36.7. The van der Waals surface area contributed by atoms with Gasteiger partial charge in [0.15, 0.2) is 0 Å². The Morgan fingerprint density at radius 2 is 1.90 bits per heavy atom. The van der Waals surface area contributed by atoms with Gasteiger partial charge in [-0.15, -0.1) is 0 Å². The second-order valence-corrected chi connectivity index (χ2v) is 4.69. The summed E-state index contributed by atoms with van der Waals surface area (Å²) in [4.78, 5) is 17.2. The quantitative estimate of drug-likeness (QED) is 0.947. The molecule has 0 saturated carbocycles. The molecule has 0 unspecified atom stereocenters. The number of carbonyl (C=O) groups is 1. The zero-order valence-corrected chi connectivity index (χ0v) is 11.3. The van der Waals surface area contributed by atoms with Gasteiger partial charge >= 0.3 is 6.18 Å². The number of rotatable bonds is 3. The van der Waals surface area contributed by atoms with Crippen LogP contribution in [0, 0.1) is 0 Å². The number of nitrogens with zero attached hydrogens (tertiary/aromatic N) is 2. The number of nitrogen functional groups attached to an aromatic ring is 1. The van der Waals surface area contributed by atoms with E-state index in [9.17, 15) is 18.0 Å². The molecule has 0 aliphatic rings. The largest absolute Gasteiger partial charge is 0.390 e. The lowest BCUT2D eigenvalue weighted by Gasteiger charge is -2.19. The summed E-state index contributed by atoms with van der Waals surface area (Å²) >= 11 is 0. The minimum absolute atomic E-state index is 0.240. The topological polar surface area (TPSA) is 59.2 Å². The molecule has 4 nitrogen and oxygen atoms in total. The summed E-state index contributed by atoms with van der Waals surface area (Å²) in [5, 5.41) is 1.18. The molecular formula is C14H14F3N3O. The molecule has 7 heteroatoms. The van der Waals surface area contributed by atoms with Crippen LogP contribution in [-0.4, -0.2) is 35.6 Å². The molecule has 1 amide bonds. The van der Waals surface area contributed by atoms with Crippen molar-refractivity contribution in [1.29, 1.82) is 0 Å². The van der Waals surface area contributed by atoms with Crippen LogP contribution in [0.25, 0.3) is 10.8 Å². The van der Waals surface area contributed by atoms with Crippen molar-refractivity contribution in [3.8, 4) is 0 Å². The number of hydrogen-bond donors (Lipinski definition) is 1. The van der Waals surface area contributed by atoms with E-state index in [4.69, 9.17) is 5.73 Å². The highest BCUT2D eigenvalue weighted by molar-refractivity contribution is 6.08. The molecule has 1 heterocycles. The predicted octanol–water partition coefficient (Wildman–Crippen LogP) is 2.84. The third-order valence-electron chi connectivity index (χ3n) is 3.13. The van der Waals surface area contributed by atoms with E-state index in [-0.39, 0.29) is 11.4 Å². The summed E-state index contributed by atoms with van der Waals surface area (Å²) in [6.45, 7) is -0.402. The van der Waals surface area contributed by atoms with Gasteiger partial charge < -0.3 is 10.6 Å². The SMILES string of the molecule is CN(CCC(F)(F)F)C(=O)c1cnc(N)c2ccccc12. The second kappa shape index (κ2) is 5.59. The highest BCUT2D eigenvalue weighted by atomic mass is 19.4. The van der Waals surface area contributed by atoms with E-state index >= 15 is 0 Å². The lowest BCUT2D eigenvalue weighted by Crippen LogP contribution is -2.30. The van der Waals surface area contributed by atoms with Crippen molar-refractivity contribution in [2.45, 2.75) is 12.6 Å². The molecule has 0 saturated heterocycles. The van der Waals surface area contributed by atoms with Crippen molar-refractivity contribution in [3.05, 3.63) is 36.0 Å². The monoisotopic (exact) mass is 297 g/mol. The number of alkyl halides is 3. The third kappa shape index (κ3) is 3.42. The summed E-state index contributed by atoms with van der Waals surface area (Å²) in [6, 6.07) is 6.89. The van der Waals surface area contributed by atoms with Crippen LogP contribution in [-0.2, 0) is 0 Å². The number of fused-ring (bicyclic) bond motifs is 1. The molecule has 0 aliphatic carbocycles. The molecule has 1 aromatic carbocycles. The molecule has 2 N–H and O–H groups in total. The fourth-order valence-corrected chi connectivity index (χ4v) is 1.99. The highest BCUT2D eigenvalue weighted by Gasteiger charge is 2.28. The molecule has 21 heavy (non-hydrogen) atoms. The van der Waals surface area contributed by atoms with Crippen molar-refractivity contribution in [1.82, 2.24) is 9.88 Å². The summed E-state index contributed by atoms with van der Waals surface area (Å²) in [5.41, 5.74) is 5.97. The first-order chi connectivity index (χ1) is 9.79. The van der Waals surface area contributed by atoms with Crippen LogP contribution >= 0.6 is 0 Å². The number of anilines is 1. The summed E-state index contributed by atoms with van der Waals surface area (Å²) in [5.74, 6) is -0.233. The van der Waals surface area contributed by atoms with Gasteiger partial charge in [-0.3, -0.25) is 4.79 Å². The predicted molar refractivity (Wildman–Crippen MR) is 73.8 cm³/mol. The Kier molecular flexibility index (Phi) is 4.02. The molecule has 112 valence electrons. The fraction of sp³-hybridized carbons (Fsp3) is 0.286. The molecule has 2 aromatic rings. The normalized spacial score (nSPS) is 11.6. The lowest BCUT2D eigenvalue weighted by molar-refractivity contribution is -0.136. The molecular weight excluding hydrogens is 283 g/mol. The van der Waals surface area contributed by atoms with Crippen molar-refractivity contribution < 1.29 is 18.0 Å². The molecule has 2 rings (SSSR count). The van der Waals surface area contributed by atoms with Crippen LogP contribution < -0.4 is 5.73 Å². The summed E-state index contributed by atoms with van der Waals surface area (Å²) in [7, 11) is 1.33. The van der Waals surface area contributed by atoms with Gasteiger partial charge in [-0.05, 0) is 5.39 Å². The van der Waals surface area contributed by atoms with Gasteiger partial charge in [0.05, 0.1) is 12.0 Å². The number of carbonyl (C=O) groups excluding carboxylic acids is 1. The van der Waals surface area contributed by atoms with Gasteiger partial charge in [0.2, 0.25) is 0 Å². The van der Waals surface area contributed by atoms with E-state index in [1.807, 2.05) is 0 Å². The fourth-order valence-electron chi connectivity index (χ4n) is 1.99. The molecule has 1 aromatic heterocycles. The van der Waals surface area contributed by atoms with Crippen LogP contribution in [0.5, 0.6) is 0 Å². The Morgan fingerprint density at radius 3 is 2.52 bits per heavy atom. The average Bonchev–Trinajstić information content (AvgIpc) is 2.44. The lowest BCUT2D eigenvalue weighted by atomic mass is 10.1. The number of halogens is 3. The first-order valence-electron chi connectivity index (χ1n) is 6.25. The Bertz CT molecular complexity index is 670. The van der Waals surface area contributed by atoms with Crippen LogP contribution in [0.2, 0.25) is 0 Å². The van der Waals surface area contributed by atoms with Gasteiger partial charge in [-0.2, -0.15) is 13.2 Å². The molecule has 0 radical (unpaired) electrons. The van der Waals surface area contributed by atoms with Crippen molar-refractivity contribution >= 4 is 22.5 Å². The number of aromatic nitrogens is 1. The molecule has 0 aliphatic heterocycles. The number of pyridine rings is 1. The van der Waals surface area contributed by atoms with E-state index < -0.39 is 25.0 Å². The summed E-state index contributed by atoms with van der Waals surface area (Å²) in [6.07, 6.45) is -4.05. The number of amides is 1. The minimum Gasteiger partial charge on any atom is -0.383 e. The van der Waals surface area contributed by atoms with Gasteiger partial charge in [0.1, 0.15) is 5.82 Å². The standard InChI is InChI=1S/C14H14F3N3O/c1-20(7-6-14(15,16)17)13(21)11-8-19-12(18)10-5-3-2-4-9(10)11/h2-5,8H,6-7H2,1H3,(H2,18,19). The highest BCUT2D eigenvalue weighted by Crippen LogP contribution is 2.24. The van der Waals surface area contributed by atoms with Crippen LogP contribution in [0.1, 0.15) is 16.8 Å². The van der Waals surface area contributed by atoms with E-state index in [2.05, 4.69) is 4.98 Å². The zero-order valence-electron chi connectivity index (χ0n) is 11.3. The minimum atomic E-state index is -4.30. The molecule has 0 spiro atoms. The average molecular weight is 297 g/mol.